The lowest BCUT2D eigenvalue weighted by molar-refractivity contribution is 1.07. The van der Waals surface area contributed by atoms with Gasteiger partial charge in [-0.1, -0.05) is 5.11 Å². The molecule has 0 N–H and O–H groups in total. The maximum Gasteiger partial charge on any atom is 0.188 e. The third-order valence-electron chi connectivity index (χ3n) is 2.03. The molecule has 2 rings (SSSR count). The van der Waals surface area contributed by atoms with Gasteiger partial charge in [0.15, 0.2) is 5.43 Å². The Hall–Kier alpha value is -2.06. The predicted molar refractivity (Wildman–Crippen MR) is 64.3 cm³/mol. The molecule has 4 nitrogen and oxygen atoms in total. The van der Waals surface area contributed by atoms with Crippen molar-refractivity contribution in [3.63, 3.8) is 0 Å². The molecule has 0 bridgehead atoms. The highest BCUT2D eigenvalue weighted by molar-refractivity contribution is 7.09. The van der Waals surface area contributed by atoms with Gasteiger partial charge in [-0.2, -0.15) is 0 Å². The van der Waals surface area contributed by atoms with Crippen LogP contribution in [0.15, 0.2) is 33.9 Å². The summed E-state index contributed by atoms with van der Waals surface area (Å²) in [6, 6.07) is 1.52. The maximum atomic E-state index is 11.8. The van der Waals surface area contributed by atoms with E-state index < -0.39 is 0 Å². The average Bonchev–Trinajstić information content (AvgIpc) is 2.51. The van der Waals surface area contributed by atoms with Crippen LogP contribution in [0.3, 0.4) is 0 Å². The first-order valence-corrected chi connectivity index (χ1v) is 5.40. The minimum Gasteiger partial charge on any atom is -0.289 e. The third-order valence-corrected chi connectivity index (χ3v) is 3.12. The van der Waals surface area contributed by atoms with E-state index >= 15 is 0 Å². The molecule has 78 valence electrons. The van der Waals surface area contributed by atoms with Gasteiger partial charge >= 0.3 is 0 Å². The molecular formula is C11H7N3OS. The Balaban J connectivity index is 2.68. The summed E-state index contributed by atoms with van der Waals surface area (Å²) in [5.41, 5.74) is 11.1. The minimum atomic E-state index is -0.0542. The lowest BCUT2D eigenvalue weighted by Gasteiger charge is -1.93. The first-order valence-electron chi connectivity index (χ1n) is 4.58. The first-order chi connectivity index (χ1) is 7.81. The first kappa shape index (κ1) is 10.5. The molecule has 0 unspecified atom stereocenters. The Bertz CT molecular complexity index is 702. The normalized spacial score (nSPS) is 11.8. The second kappa shape index (κ2) is 4.64. The van der Waals surface area contributed by atoms with E-state index in [0.29, 0.717) is 5.22 Å². The van der Waals surface area contributed by atoms with E-state index in [1.54, 1.807) is 18.2 Å². The van der Waals surface area contributed by atoms with Gasteiger partial charge in [0.2, 0.25) is 0 Å². The minimum absolute atomic E-state index is 0.0542. The summed E-state index contributed by atoms with van der Waals surface area (Å²) in [5, 5.41) is 4.11. The number of fused-ring (bicyclic) bond motifs is 1. The fourth-order valence-corrected chi connectivity index (χ4v) is 2.33. The van der Waals surface area contributed by atoms with E-state index in [9.17, 15) is 4.79 Å². The zero-order valence-electron chi connectivity index (χ0n) is 8.25. The van der Waals surface area contributed by atoms with E-state index in [1.807, 2.05) is 6.08 Å². The molecule has 0 spiro atoms. The molecule has 5 heteroatoms. The van der Waals surface area contributed by atoms with E-state index in [4.69, 9.17) is 5.53 Å². The summed E-state index contributed by atoms with van der Waals surface area (Å²) in [6.45, 7) is 0.217. The van der Waals surface area contributed by atoms with Crippen molar-refractivity contribution in [2.24, 2.45) is 5.11 Å². The van der Waals surface area contributed by atoms with Gasteiger partial charge in [-0.15, -0.1) is 17.1 Å². The van der Waals surface area contributed by atoms with Crippen molar-refractivity contribution >= 4 is 23.5 Å². The van der Waals surface area contributed by atoms with Gasteiger partial charge in [0.1, 0.15) is 0 Å². The van der Waals surface area contributed by atoms with Crippen LogP contribution in [0.2, 0.25) is 0 Å². The Morgan fingerprint density at radius 1 is 1.44 bits per heavy atom. The van der Waals surface area contributed by atoms with Crippen LogP contribution in [0.5, 0.6) is 0 Å². The second-order valence-electron chi connectivity index (χ2n) is 3.08. The molecular weight excluding hydrogens is 222 g/mol. The molecule has 1 heterocycles. The van der Waals surface area contributed by atoms with Gasteiger partial charge in [-0.25, -0.2) is 0 Å². The largest absolute Gasteiger partial charge is 0.289 e. The van der Waals surface area contributed by atoms with E-state index in [2.05, 4.69) is 15.8 Å². The summed E-state index contributed by atoms with van der Waals surface area (Å²) < 4.78 is 0.872. The molecule has 0 radical (unpaired) electrons. The van der Waals surface area contributed by atoms with Crippen molar-refractivity contribution in [1.82, 2.24) is 0 Å². The molecule has 1 aliphatic rings. The molecule has 1 aromatic rings. The zero-order valence-corrected chi connectivity index (χ0v) is 9.07. The zero-order chi connectivity index (χ0) is 11.4. The second-order valence-corrected chi connectivity index (χ2v) is 4.25. The van der Waals surface area contributed by atoms with Gasteiger partial charge in [-0.3, -0.25) is 4.79 Å². The van der Waals surface area contributed by atoms with Crippen molar-refractivity contribution in [1.29, 1.82) is 0 Å². The predicted octanol–water partition coefficient (Wildman–Crippen LogP) is 1.20. The monoisotopic (exact) mass is 229 g/mol. The van der Waals surface area contributed by atoms with Gasteiger partial charge in [0, 0.05) is 19.5 Å². The summed E-state index contributed by atoms with van der Waals surface area (Å²) in [4.78, 5) is 15.2. The Morgan fingerprint density at radius 3 is 3.06 bits per heavy atom. The van der Waals surface area contributed by atoms with Gasteiger partial charge in [-0.05, 0) is 35.9 Å². The van der Waals surface area contributed by atoms with Crippen LogP contribution in [0.1, 0.15) is 4.88 Å². The van der Waals surface area contributed by atoms with Crippen LogP contribution in [0.25, 0.3) is 22.6 Å². The lowest BCUT2D eigenvalue weighted by Crippen LogP contribution is -2.36. The number of azide groups is 1. The molecule has 0 amide bonds. The van der Waals surface area contributed by atoms with Crippen molar-refractivity contribution in [3.8, 4) is 0 Å². The standard InChI is InChI=1S/C11H7N3OS/c12-14-13-7-8-6-10(15)9-4-2-1-3-5-11(9)16-8/h2-6H,7H2. The van der Waals surface area contributed by atoms with E-state index in [1.165, 1.54) is 17.4 Å². The van der Waals surface area contributed by atoms with Crippen LogP contribution in [0.4, 0.5) is 0 Å². The van der Waals surface area contributed by atoms with Crippen LogP contribution in [-0.4, -0.2) is 0 Å². The van der Waals surface area contributed by atoms with Gasteiger partial charge < -0.3 is 0 Å². The summed E-state index contributed by atoms with van der Waals surface area (Å²) in [5.74, 6) is 0. The molecule has 0 aliphatic heterocycles. The highest BCUT2D eigenvalue weighted by atomic mass is 32.1. The van der Waals surface area contributed by atoms with Crippen LogP contribution >= 0.6 is 11.3 Å². The molecule has 0 atom stereocenters. The number of hydrogen-bond donors (Lipinski definition) is 0. The van der Waals surface area contributed by atoms with Gasteiger partial charge in [0.05, 0.1) is 6.54 Å². The van der Waals surface area contributed by atoms with Crippen molar-refractivity contribution in [2.45, 2.75) is 6.54 Å². The lowest BCUT2D eigenvalue weighted by atomic mass is 10.3. The molecule has 0 saturated carbocycles. The number of nitrogens with zero attached hydrogens (tertiary/aromatic N) is 3. The molecule has 0 saturated heterocycles. The van der Waals surface area contributed by atoms with Crippen molar-refractivity contribution < 1.29 is 0 Å². The Morgan fingerprint density at radius 2 is 2.25 bits per heavy atom. The highest BCUT2D eigenvalue weighted by Crippen LogP contribution is 2.00. The topological polar surface area (TPSA) is 65.8 Å². The van der Waals surface area contributed by atoms with Crippen molar-refractivity contribution in [2.75, 3.05) is 0 Å². The summed E-state index contributed by atoms with van der Waals surface area (Å²) >= 11 is 1.45. The average molecular weight is 229 g/mol. The van der Waals surface area contributed by atoms with E-state index in [-0.39, 0.29) is 12.0 Å². The molecule has 16 heavy (non-hydrogen) atoms. The molecule has 1 aromatic heterocycles. The van der Waals surface area contributed by atoms with Crippen molar-refractivity contribution in [3.05, 3.63) is 59.2 Å². The summed E-state index contributed by atoms with van der Waals surface area (Å²) in [6.07, 6.45) is 7.05. The maximum absolute atomic E-state index is 11.8. The van der Waals surface area contributed by atoms with E-state index in [0.717, 1.165) is 9.41 Å². The molecule has 0 aromatic carbocycles. The number of allylic oxidation sites excluding steroid dienone is 1. The number of hydrogen-bond acceptors (Lipinski definition) is 3. The SMILES string of the molecule is [N-]=[N+]=NCc1cc(=O)c2c(s1)=CC=C=CC=2. The fraction of sp³-hybridized carbons (Fsp3) is 0.0909. The molecule has 0 fully saturated rings. The van der Waals surface area contributed by atoms with Crippen LogP contribution in [0, 0.1) is 0 Å². The van der Waals surface area contributed by atoms with Crippen LogP contribution < -0.4 is 15.2 Å². The number of rotatable bonds is 2. The Labute approximate surface area is 94.8 Å². The van der Waals surface area contributed by atoms with Crippen LogP contribution in [-0.2, 0) is 6.54 Å². The smallest absolute Gasteiger partial charge is 0.188 e. The molecule has 1 aliphatic carbocycles. The summed E-state index contributed by atoms with van der Waals surface area (Å²) in [7, 11) is 0. The van der Waals surface area contributed by atoms with Gasteiger partial charge in [0.25, 0.3) is 0 Å². The highest BCUT2D eigenvalue weighted by Gasteiger charge is 1.98. The third kappa shape index (κ3) is 2.12. The Kier molecular flexibility index (Phi) is 3.03. The fourth-order valence-electron chi connectivity index (χ4n) is 1.35. The quantitative estimate of drug-likeness (QED) is 0.325.